The molecule has 10 heteroatoms. The third-order valence-electron chi connectivity index (χ3n) is 4.86. The second-order valence-electron chi connectivity index (χ2n) is 7.15. The summed E-state index contributed by atoms with van der Waals surface area (Å²) in [7, 11) is 0. The van der Waals surface area contributed by atoms with Crippen LogP contribution >= 0.6 is 57.9 Å². The van der Waals surface area contributed by atoms with Crippen molar-refractivity contribution in [1.29, 1.82) is 0 Å². The Hall–Kier alpha value is -1.25. The molecule has 0 unspecified atom stereocenters. The average Bonchev–Trinajstić information content (AvgIpc) is 3.19. The fourth-order valence-corrected chi connectivity index (χ4v) is 5.86. The summed E-state index contributed by atoms with van der Waals surface area (Å²) < 4.78 is 0.658. The van der Waals surface area contributed by atoms with Crippen LogP contribution in [0.15, 0.2) is 53.7 Å². The van der Waals surface area contributed by atoms with Gasteiger partial charge in [-0.2, -0.15) is 4.57 Å². The van der Waals surface area contributed by atoms with Gasteiger partial charge in [0.1, 0.15) is 11.4 Å². The molecule has 1 saturated heterocycles. The van der Waals surface area contributed by atoms with E-state index in [4.69, 9.17) is 34.8 Å². The lowest BCUT2D eigenvalue weighted by atomic mass is 10.1. The van der Waals surface area contributed by atoms with Gasteiger partial charge >= 0.3 is 0 Å². The van der Waals surface area contributed by atoms with Crippen LogP contribution in [-0.2, 0) is 29.0 Å². The molecule has 0 aliphatic carbocycles. The van der Waals surface area contributed by atoms with E-state index in [2.05, 4.69) is 5.32 Å². The Morgan fingerprint density at radius 2 is 2.10 bits per heavy atom. The molecule has 0 saturated carbocycles. The fourth-order valence-electron chi connectivity index (χ4n) is 3.49. The number of hydrogen-bond donors (Lipinski definition) is 1. The molecular weight excluding hydrogens is 485 g/mol. The maximum Gasteiger partial charge on any atom is 0.253 e. The molecule has 0 radical (unpaired) electrons. The number of rotatable bonds is 6. The minimum atomic E-state index is -1.37. The van der Waals surface area contributed by atoms with Crippen molar-refractivity contribution in [2.75, 3.05) is 5.75 Å². The van der Waals surface area contributed by atoms with Gasteiger partial charge in [0.25, 0.3) is 5.91 Å². The smallest absolute Gasteiger partial charge is 0.253 e. The maximum absolute atomic E-state index is 12.6. The zero-order valence-electron chi connectivity index (χ0n) is 15.8. The van der Waals surface area contributed by atoms with Crippen molar-refractivity contribution >= 4 is 69.7 Å². The number of carbonyl (C=O) groups excluding carboxylic acids is 2. The molecule has 2 amide bonds. The van der Waals surface area contributed by atoms with Crippen molar-refractivity contribution < 1.29 is 14.2 Å². The average molecular weight is 504 g/mol. The van der Waals surface area contributed by atoms with Gasteiger partial charge in [-0.25, -0.2) is 0 Å². The van der Waals surface area contributed by atoms with E-state index in [9.17, 15) is 9.59 Å². The van der Waals surface area contributed by atoms with Crippen LogP contribution in [0.4, 0.5) is 0 Å². The summed E-state index contributed by atoms with van der Waals surface area (Å²) in [6.45, 7) is 0.607. The molecule has 30 heavy (non-hydrogen) atoms. The quantitative estimate of drug-likeness (QED) is 0.373. The van der Waals surface area contributed by atoms with Crippen molar-refractivity contribution in [3.8, 4) is 0 Å². The number of pyridine rings is 1. The van der Waals surface area contributed by atoms with E-state index in [0.717, 1.165) is 21.9 Å². The molecule has 0 bridgehead atoms. The van der Waals surface area contributed by atoms with E-state index in [0.29, 0.717) is 19.4 Å². The van der Waals surface area contributed by atoms with Crippen LogP contribution in [0.5, 0.6) is 0 Å². The number of nitrogens with zero attached hydrogens (tertiary/aromatic N) is 2. The Kier molecular flexibility index (Phi) is 6.65. The Morgan fingerprint density at radius 1 is 1.27 bits per heavy atom. The summed E-state index contributed by atoms with van der Waals surface area (Å²) in [4.78, 5) is 27.5. The lowest BCUT2D eigenvalue weighted by Crippen LogP contribution is -2.68. The van der Waals surface area contributed by atoms with E-state index in [1.54, 1.807) is 16.7 Å². The zero-order valence-corrected chi connectivity index (χ0v) is 19.7. The highest BCUT2D eigenvalue weighted by molar-refractivity contribution is 8.00. The van der Waals surface area contributed by atoms with Gasteiger partial charge in [0.15, 0.2) is 22.2 Å². The Morgan fingerprint density at radius 3 is 2.83 bits per heavy atom. The second kappa shape index (κ2) is 9.09. The van der Waals surface area contributed by atoms with E-state index < -0.39 is 9.83 Å². The van der Waals surface area contributed by atoms with Gasteiger partial charge in [0.2, 0.25) is 5.91 Å². The molecule has 0 spiro atoms. The van der Waals surface area contributed by atoms with E-state index in [1.165, 1.54) is 11.3 Å². The van der Waals surface area contributed by atoms with Gasteiger partial charge in [0, 0.05) is 34.5 Å². The number of carbonyl (C=O) groups is 2. The first kappa shape index (κ1) is 22.0. The van der Waals surface area contributed by atoms with Gasteiger partial charge in [-0.05, 0) is 11.4 Å². The van der Waals surface area contributed by atoms with Gasteiger partial charge < -0.3 is 10.2 Å². The number of fused-ring (bicyclic) bond motifs is 1. The molecule has 5 nitrogen and oxygen atoms in total. The number of thiophene rings is 1. The number of β-lactam (4-membered cyclic amide) rings is 1. The predicted molar refractivity (Wildman–Crippen MR) is 122 cm³/mol. The summed E-state index contributed by atoms with van der Waals surface area (Å²) >= 11 is 21.1. The molecule has 2 aliphatic rings. The molecule has 4 rings (SSSR count). The van der Waals surface area contributed by atoms with Crippen LogP contribution in [0.2, 0.25) is 0 Å². The molecule has 2 aromatic heterocycles. The zero-order chi connectivity index (χ0) is 21.3. The van der Waals surface area contributed by atoms with Crippen LogP contribution in [0.25, 0.3) is 0 Å². The molecule has 1 fully saturated rings. The Balaban J connectivity index is 1.38. The normalized spacial score (nSPS) is 21.0. The number of halogens is 3. The molecule has 4 heterocycles. The summed E-state index contributed by atoms with van der Waals surface area (Å²) in [6.07, 6.45) is 4.43. The lowest BCUT2D eigenvalue weighted by Gasteiger charge is -2.47. The Bertz CT molecular complexity index is 976. The molecular formula is C20H19Cl3N3O2S2+. The number of nitrogens with one attached hydrogen (secondary N) is 1. The number of alkyl halides is 3. The van der Waals surface area contributed by atoms with Crippen LogP contribution in [-0.4, -0.2) is 37.7 Å². The minimum Gasteiger partial charge on any atom is -0.341 e. The molecule has 0 aromatic carbocycles. The van der Waals surface area contributed by atoms with Crippen molar-refractivity contribution in [1.82, 2.24) is 10.2 Å². The highest BCUT2D eigenvalue weighted by atomic mass is 35.6. The van der Waals surface area contributed by atoms with Gasteiger partial charge in [-0.1, -0.05) is 46.9 Å². The number of aromatic nitrogens is 1. The van der Waals surface area contributed by atoms with Gasteiger partial charge in [-0.15, -0.1) is 23.1 Å². The lowest BCUT2D eigenvalue weighted by molar-refractivity contribution is -0.696. The molecule has 1 N–H and O–H groups in total. The minimum absolute atomic E-state index is 0.0602. The van der Waals surface area contributed by atoms with Crippen molar-refractivity contribution in [2.45, 2.75) is 34.6 Å². The Labute approximate surface area is 198 Å². The largest absolute Gasteiger partial charge is 0.341 e. The number of amides is 2. The first-order valence-corrected chi connectivity index (χ1v) is 12.4. The predicted octanol–water partition coefficient (Wildman–Crippen LogP) is 3.47. The maximum atomic E-state index is 12.6. The molecule has 2 atom stereocenters. The summed E-state index contributed by atoms with van der Waals surface area (Å²) in [5.74, 6) is 0.562. The molecule has 158 valence electrons. The summed E-state index contributed by atoms with van der Waals surface area (Å²) in [5.41, 5.74) is 1.99. The fraction of sp³-hybridized carbons (Fsp3) is 0.350. The van der Waals surface area contributed by atoms with Crippen LogP contribution in [0.3, 0.4) is 0 Å². The summed E-state index contributed by atoms with van der Waals surface area (Å²) in [6, 6.07) is 9.12. The third-order valence-corrected chi connectivity index (χ3v) is 7.52. The highest BCUT2D eigenvalue weighted by Gasteiger charge is 2.49. The summed E-state index contributed by atoms with van der Waals surface area (Å²) in [5, 5.41) is 4.76. The van der Waals surface area contributed by atoms with E-state index in [-0.39, 0.29) is 17.2 Å². The number of thioether (sulfide) groups is 1. The van der Waals surface area contributed by atoms with Crippen molar-refractivity contribution in [2.24, 2.45) is 0 Å². The highest BCUT2D eigenvalue weighted by Crippen LogP contribution is 2.36. The SMILES string of the molecule is O=C(Cc1cccs1)N[C@@H]1C(=O)N2C=C(C[n+]3ccccc3CC(Cl)(Cl)Cl)CS[C@H]12. The first-order chi connectivity index (χ1) is 14.3. The topological polar surface area (TPSA) is 53.3 Å². The third kappa shape index (κ3) is 5.14. The van der Waals surface area contributed by atoms with Gasteiger partial charge in [-0.3, -0.25) is 9.59 Å². The van der Waals surface area contributed by atoms with Crippen molar-refractivity contribution in [3.63, 3.8) is 0 Å². The molecule has 2 aromatic rings. The number of hydrogen-bond acceptors (Lipinski definition) is 4. The van der Waals surface area contributed by atoms with Crippen LogP contribution < -0.4 is 9.88 Å². The van der Waals surface area contributed by atoms with Crippen LogP contribution in [0.1, 0.15) is 10.6 Å². The molecule has 2 aliphatic heterocycles. The second-order valence-corrected chi connectivity index (χ2v) is 11.8. The van der Waals surface area contributed by atoms with E-state index >= 15 is 0 Å². The van der Waals surface area contributed by atoms with Crippen LogP contribution in [0, 0.1) is 0 Å². The first-order valence-electron chi connectivity index (χ1n) is 9.29. The monoisotopic (exact) mass is 502 g/mol. The van der Waals surface area contributed by atoms with Crippen molar-refractivity contribution in [3.05, 3.63) is 64.3 Å². The van der Waals surface area contributed by atoms with E-state index in [1.807, 2.05) is 52.7 Å². The standard InChI is InChI=1S/C20H18Cl3N3O2S2/c21-20(22,23)9-14-4-1-2-6-25(14)10-13-11-26-18(28)17(19(26)30-12-13)24-16(27)8-15-5-3-7-29-15/h1-7,11,17,19H,8-10,12H2/p+1/t17-,19-/m1/s1. The van der Waals surface area contributed by atoms with Gasteiger partial charge in [0.05, 0.1) is 12.8 Å².